The zero-order valence-electron chi connectivity index (χ0n) is 7.93. The minimum absolute atomic E-state index is 0.250. The molecule has 0 saturated carbocycles. The SMILES string of the molecule is CCC(CN)Nc1ncc(Cl)cc1Br. The highest BCUT2D eigenvalue weighted by molar-refractivity contribution is 9.10. The molecule has 0 fully saturated rings. The first-order chi connectivity index (χ1) is 6.67. The van der Waals surface area contributed by atoms with Gasteiger partial charge in [0.05, 0.1) is 9.50 Å². The van der Waals surface area contributed by atoms with E-state index >= 15 is 0 Å². The fourth-order valence-electron chi connectivity index (χ4n) is 1.04. The average molecular weight is 279 g/mol. The summed E-state index contributed by atoms with van der Waals surface area (Å²) in [5.41, 5.74) is 5.58. The van der Waals surface area contributed by atoms with Crippen LogP contribution in [0, 0.1) is 0 Å². The molecule has 1 aromatic rings. The van der Waals surface area contributed by atoms with Crippen LogP contribution in [-0.2, 0) is 0 Å². The molecule has 0 aliphatic rings. The summed E-state index contributed by atoms with van der Waals surface area (Å²) < 4.78 is 0.858. The Kier molecular flexibility index (Phi) is 4.65. The molecule has 0 aliphatic carbocycles. The van der Waals surface area contributed by atoms with E-state index < -0.39 is 0 Å². The van der Waals surface area contributed by atoms with E-state index in [0.29, 0.717) is 11.6 Å². The molecule has 0 aliphatic heterocycles. The van der Waals surface area contributed by atoms with Crippen LogP contribution < -0.4 is 11.1 Å². The van der Waals surface area contributed by atoms with Crippen molar-refractivity contribution in [2.45, 2.75) is 19.4 Å². The molecule has 0 saturated heterocycles. The quantitative estimate of drug-likeness (QED) is 0.890. The van der Waals surface area contributed by atoms with Crippen LogP contribution in [0.15, 0.2) is 16.7 Å². The molecule has 3 nitrogen and oxygen atoms in total. The van der Waals surface area contributed by atoms with Crippen LogP contribution in [-0.4, -0.2) is 17.6 Å². The summed E-state index contributed by atoms with van der Waals surface area (Å²) in [4.78, 5) is 4.17. The van der Waals surface area contributed by atoms with Gasteiger partial charge >= 0.3 is 0 Å². The Balaban J connectivity index is 2.76. The number of hydrogen-bond donors (Lipinski definition) is 2. The second-order valence-corrected chi connectivity index (χ2v) is 4.26. The van der Waals surface area contributed by atoms with E-state index in [9.17, 15) is 0 Å². The van der Waals surface area contributed by atoms with Gasteiger partial charge in [-0.25, -0.2) is 4.98 Å². The normalized spacial score (nSPS) is 12.6. The first kappa shape index (κ1) is 11.8. The van der Waals surface area contributed by atoms with Crippen LogP contribution in [0.2, 0.25) is 5.02 Å². The number of aromatic nitrogens is 1. The van der Waals surface area contributed by atoms with E-state index in [1.54, 1.807) is 12.3 Å². The number of rotatable bonds is 4. The molecule has 0 bridgehead atoms. The van der Waals surface area contributed by atoms with Crippen LogP contribution >= 0.6 is 27.5 Å². The Morgan fingerprint density at radius 2 is 2.43 bits per heavy atom. The highest BCUT2D eigenvalue weighted by Gasteiger charge is 2.07. The van der Waals surface area contributed by atoms with Gasteiger partial charge in [-0.05, 0) is 28.4 Å². The number of nitrogens with two attached hydrogens (primary N) is 1. The Labute approximate surface area is 97.2 Å². The Morgan fingerprint density at radius 1 is 1.71 bits per heavy atom. The van der Waals surface area contributed by atoms with Gasteiger partial charge < -0.3 is 11.1 Å². The van der Waals surface area contributed by atoms with Crippen LogP contribution in [0.1, 0.15) is 13.3 Å². The number of nitrogens with one attached hydrogen (secondary N) is 1. The monoisotopic (exact) mass is 277 g/mol. The van der Waals surface area contributed by atoms with Crippen molar-refractivity contribution in [1.29, 1.82) is 0 Å². The second-order valence-electron chi connectivity index (χ2n) is 2.97. The Morgan fingerprint density at radius 3 is 2.93 bits per heavy atom. The first-order valence-corrected chi connectivity index (χ1v) is 5.62. The third-order valence-electron chi connectivity index (χ3n) is 1.93. The summed E-state index contributed by atoms with van der Waals surface area (Å²) in [6.45, 7) is 2.67. The number of halogens is 2. The maximum absolute atomic E-state index is 5.78. The molecule has 0 amide bonds. The minimum Gasteiger partial charge on any atom is -0.365 e. The van der Waals surface area contributed by atoms with Crippen LogP contribution in [0.25, 0.3) is 0 Å². The minimum atomic E-state index is 0.250. The number of pyridine rings is 1. The van der Waals surface area contributed by atoms with E-state index in [-0.39, 0.29) is 6.04 Å². The molecule has 1 unspecified atom stereocenters. The van der Waals surface area contributed by atoms with Crippen LogP contribution in [0.5, 0.6) is 0 Å². The molecule has 14 heavy (non-hydrogen) atoms. The van der Waals surface area contributed by atoms with Crippen molar-refractivity contribution in [3.05, 3.63) is 21.8 Å². The van der Waals surface area contributed by atoms with Crippen LogP contribution in [0.4, 0.5) is 5.82 Å². The van der Waals surface area contributed by atoms with E-state index in [2.05, 4.69) is 33.2 Å². The molecule has 1 atom stereocenters. The van der Waals surface area contributed by atoms with Gasteiger partial charge in [0, 0.05) is 18.8 Å². The smallest absolute Gasteiger partial charge is 0.140 e. The molecule has 78 valence electrons. The molecule has 3 N–H and O–H groups in total. The summed E-state index contributed by atoms with van der Waals surface area (Å²) in [5, 5.41) is 3.85. The highest BCUT2D eigenvalue weighted by atomic mass is 79.9. The van der Waals surface area contributed by atoms with Crippen LogP contribution in [0.3, 0.4) is 0 Å². The fraction of sp³-hybridized carbons (Fsp3) is 0.444. The van der Waals surface area contributed by atoms with E-state index in [4.69, 9.17) is 17.3 Å². The van der Waals surface area contributed by atoms with Crippen molar-refractivity contribution in [3.8, 4) is 0 Å². The predicted molar refractivity (Wildman–Crippen MR) is 63.7 cm³/mol. The number of hydrogen-bond acceptors (Lipinski definition) is 3. The molecule has 1 rings (SSSR count). The maximum Gasteiger partial charge on any atom is 0.140 e. The Bertz CT molecular complexity index is 302. The molecular formula is C9H13BrClN3. The number of nitrogens with zero attached hydrogens (tertiary/aromatic N) is 1. The lowest BCUT2D eigenvalue weighted by Gasteiger charge is -2.16. The molecule has 0 radical (unpaired) electrons. The number of anilines is 1. The molecule has 0 spiro atoms. The lowest BCUT2D eigenvalue weighted by Crippen LogP contribution is -2.28. The lowest BCUT2D eigenvalue weighted by atomic mass is 10.2. The van der Waals surface area contributed by atoms with Crippen molar-refractivity contribution in [2.24, 2.45) is 5.73 Å². The summed E-state index contributed by atoms with van der Waals surface area (Å²) in [7, 11) is 0. The molecule has 1 heterocycles. The highest BCUT2D eigenvalue weighted by Crippen LogP contribution is 2.23. The third-order valence-corrected chi connectivity index (χ3v) is 2.74. The van der Waals surface area contributed by atoms with Gasteiger partial charge in [-0.1, -0.05) is 18.5 Å². The first-order valence-electron chi connectivity index (χ1n) is 4.45. The van der Waals surface area contributed by atoms with E-state index in [0.717, 1.165) is 16.7 Å². The maximum atomic E-state index is 5.78. The summed E-state index contributed by atoms with van der Waals surface area (Å²) in [5.74, 6) is 0.784. The Hall–Kier alpha value is -0.320. The van der Waals surface area contributed by atoms with Crippen molar-refractivity contribution in [3.63, 3.8) is 0 Å². The summed E-state index contributed by atoms with van der Waals surface area (Å²) in [6, 6.07) is 2.06. The van der Waals surface area contributed by atoms with Gasteiger partial charge in [-0.2, -0.15) is 0 Å². The van der Waals surface area contributed by atoms with Gasteiger partial charge in [0.1, 0.15) is 5.82 Å². The van der Waals surface area contributed by atoms with Gasteiger partial charge in [0.15, 0.2) is 0 Å². The van der Waals surface area contributed by atoms with E-state index in [1.807, 2.05) is 0 Å². The largest absolute Gasteiger partial charge is 0.365 e. The lowest BCUT2D eigenvalue weighted by molar-refractivity contribution is 0.699. The zero-order valence-corrected chi connectivity index (χ0v) is 10.3. The average Bonchev–Trinajstić information content (AvgIpc) is 2.17. The molecule has 5 heteroatoms. The zero-order chi connectivity index (χ0) is 10.6. The standard InChI is InChI=1S/C9H13BrClN3/c1-2-7(4-12)14-9-8(10)3-6(11)5-13-9/h3,5,7H,2,4,12H2,1H3,(H,13,14). The van der Waals surface area contributed by atoms with Crippen molar-refractivity contribution in [1.82, 2.24) is 4.98 Å². The van der Waals surface area contributed by atoms with Crippen molar-refractivity contribution < 1.29 is 0 Å². The summed E-state index contributed by atoms with van der Waals surface area (Å²) in [6.07, 6.45) is 2.57. The predicted octanol–water partition coefficient (Wildman–Crippen LogP) is 2.65. The molecule has 0 aromatic carbocycles. The van der Waals surface area contributed by atoms with Gasteiger partial charge in [-0.15, -0.1) is 0 Å². The summed E-state index contributed by atoms with van der Waals surface area (Å²) >= 11 is 9.16. The molecular weight excluding hydrogens is 265 g/mol. The third kappa shape index (κ3) is 3.12. The van der Waals surface area contributed by atoms with Gasteiger partial charge in [0.25, 0.3) is 0 Å². The van der Waals surface area contributed by atoms with Crippen molar-refractivity contribution in [2.75, 3.05) is 11.9 Å². The van der Waals surface area contributed by atoms with E-state index in [1.165, 1.54) is 0 Å². The topological polar surface area (TPSA) is 50.9 Å². The van der Waals surface area contributed by atoms with Gasteiger partial charge in [0.2, 0.25) is 0 Å². The molecule has 1 aromatic heterocycles. The van der Waals surface area contributed by atoms with Gasteiger partial charge in [-0.3, -0.25) is 0 Å². The fourth-order valence-corrected chi connectivity index (χ4v) is 1.79. The second kappa shape index (κ2) is 5.53. The van der Waals surface area contributed by atoms with Crippen molar-refractivity contribution >= 4 is 33.3 Å².